The predicted molar refractivity (Wildman–Crippen MR) is 67.6 cm³/mol. The van der Waals surface area contributed by atoms with E-state index in [4.69, 9.17) is 5.26 Å². The fourth-order valence-electron chi connectivity index (χ4n) is 0.970. The Hall–Kier alpha value is -1.12. The Morgan fingerprint density at radius 3 is 2.87 bits per heavy atom. The van der Waals surface area contributed by atoms with Crippen molar-refractivity contribution in [2.24, 2.45) is 4.99 Å². The van der Waals surface area contributed by atoms with Crippen LogP contribution in [0.2, 0.25) is 0 Å². The molecule has 0 saturated carbocycles. The second-order valence-corrected chi connectivity index (χ2v) is 4.23. The van der Waals surface area contributed by atoms with Crippen LogP contribution in [0.15, 0.2) is 34.2 Å². The molecule has 1 aromatic rings. The molecule has 0 spiro atoms. The van der Waals surface area contributed by atoms with E-state index in [9.17, 15) is 0 Å². The first-order valence-corrected chi connectivity index (χ1v) is 6.67. The highest BCUT2D eigenvalue weighted by Gasteiger charge is 1.97. The molecule has 1 N–H and O–H groups in total. The summed E-state index contributed by atoms with van der Waals surface area (Å²) in [6.45, 7) is 0. The fraction of sp³-hybridized carbons (Fsp3) is 0.200. The van der Waals surface area contributed by atoms with Crippen LogP contribution >= 0.6 is 23.5 Å². The second-order valence-electron chi connectivity index (χ2n) is 2.56. The second kappa shape index (κ2) is 6.38. The lowest BCUT2D eigenvalue weighted by Crippen LogP contribution is -2.12. The van der Waals surface area contributed by atoms with Gasteiger partial charge in [0, 0.05) is 4.90 Å². The molecule has 3 nitrogen and oxygen atoms in total. The number of nitrogens with zero attached hydrogens (tertiary/aromatic N) is 2. The van der Waals surface area contributed by atoms with Gasteiger partial charge in [0.15, 0.2) is 11.4 Å². The van der Waals surface area contributed by atoms with Gasteiger partial charge in [-0.3, -0.25) is 5.32 Å². The van der Waals surface area contributed by atoms with E-state index in [1.807, 2.05) is 43.0 Å². The maximum absolute atomic E-state index is 8.49. The number of benzene rings is 1. The van der Waals surface area contributed by atoms with Crippen LogP contribution in [0.1, 0.15) is 0 Å². The van der Waals surface area contributed by atoms with Crippen LogP contribution in [-0.4, -0.2) is 17.7 Å². The van der Waals surface area contributed by atoms with E-state index in [0.717, 1.165) is 10.6 Å². The Kier molecular flexibility index (Phi) is 5.08. The van der Waals surface area contributed by atoms with Gasteiger partial charge in [-0.15, -0.1) is 11.8 Å². The van der Waals surface area contributed by atoms with E-state index in [1.54, 1.807) is 11.8 Å². The number of amidine groups is 1. The minimum Gasteiger partial charge on any atom is -0.271 e. The van der Waals surface area contributed by atoms with Crippen molar-refractivity contribution in [3.05, 3.63) is 24.3 Å². The van der Waals surface area contributed by atoms with Crippen molar-refractivity contribution in [2.45, 2.75) is 4.90 Å². The average Bonchev–Trinajstić information content (AvgIpc) is 2.29. The average molecular weight is 237 g/mol. The smallest absolute Gasteiger partial charge is 0.183 e. The van der Waals surface area contributed by atoms with Gasteiger partial charge >= 0.3 is 0 Å². The standard InChI is InChI=1S/C10H11N3S2/c1-14-9-5-3-4-8(6-9)13-10(15-2)12-7-11/h3-6H,1-2H3,(H,12,13). The maximum Gasteiger partial charge on any atom is 0.183 e. The molecule has 0 heterocycles. The topological polar surface area (TPSA) is 48.2 Å². The summed E-state index contributed by atoms with van der Waals surface area (Å²) in [4.78, 5) is 5.47. The van der Waals surface area contributed by atoms with E-state index in [1.165, 1.54) is 11.8 Å². The predicted octanol–water partition coefficient (Wildman–Crippen LogP) is 2.83. The van der Waals surface area contributed by atoms with Gasteiger partial charge in [0.1, 0.15) is 0 Å². The van der Waals surface area contributed by atoms with E-state index in [2.05, 4.69) is 10.3 Å². The lowest BCUT2D eigenvalue weighted by molar-refractivity contribution is 1.27. The van der Waals surface area contributed by atoms with Crippen LogP contribution in [0.25, 0.3) is 0 Å². The third kappa shape index (κ3) is 3.86. The van der Waals surface area contributed by atoms with Crippen molar-refractivity contribution in [2.75, 3.05) is 12.5 Å². The minimum atomic E-state index is 0.607. The molecule has 0 aliphatic rings. The van der Waals surface area contributed by atoms with Gasteiger partial charge in [-0.05, 0) is 30.7 Å². The molecule has 78 valence electrons. The Balaban J connectivity index is 2.91. The number of rotatable bonds is 2. The molecular formula is C10H11N3S2. The first-order chi connectivity index (χ1) is 7.30. The van der Waals surface area contributed by atoms with Crippen molar-refractivity contribution in [1.82, 2.24) is 5.32 Å². The van der Waals surface area contributed by atoms with Crippen LogP contribution in [-0.2, 0) is 0 Å². The van der Waals surface area contributed by atoms with Gasteiger partial charge in [-0.25, -0.2) is 4.99 Å². The molecule has 0 aliphatic carbocycles. The molecule has 0 aromatic heterocycles. The molecule has 0 bridgehead atoms. The number of nitriles is 1. The minimum absolute atomic E-state index is 0.607. The van der Waals surface area contributed by atoms with Gasteiger partial charge < -0.3 is 0 Å². The zero-order valence-corrected chi connectivity index (χ0v) is 10.2. The van der Waals surface area contributed by atoms with Crippen molar-refractivity contribution >= 4 is 34.4 Å². The molecule has 1 rings (SSSR count). The van der Waals surface area contributed by atoms with Crippen molar-refractivity contribution in [3.63, 3.8) is 0 Å². The summed E-state index contributed by atoms with van der Waals surface area (Å²) in [6, 6.07) is 7.88. The molecule has 0 radical (unpaired) electrons. The van der Waals surface area contributed by atoms with Gasteiger partial charge in [0.2, 0.25) is 0 Å². The SMILES string of the molecule is CSC(=Nc1cccc(SC)c1)NC#N. The Morgan fingerprint density at radius 1 is 1.47 bits per heavy atom. The third-order valence-electron chi connectivity index (χ3n) is 1.64. The Bertz CT molecular complexity index is 396. The summed E-state index contributed by atoms with van der Waals surface area (Å²) in [6.07, 6.45) is 5.76. The highest BCUT2D eigenvalue weighted by Crippen LogP contribution is 2.21. The molecular weight excluding hydrogens is 226 g/mol. The van der Waals surface area contributed by atoms with Crippen LogP contribution in [0.3, 0.4) is 0 Å². The third-order valence-corrected chi connectivity index (χ3v) is 2.95. The van der Waals surface area contributed by atoms with Crippen molar-refractivity contribution in [3.8, 4) is 6.19 Å². The van der Waals surface area contributed by atoms with Gasteiger partial charge in [0.25, 0.3) is 0 Å². The van der Waals surface area contributed by atoms with Crippen molar-refractivity contribution < 1.29 is 0 Å². The molecule has 1 aromatic carbocycles. The summed E-state index contributed by atoms with van der Waals surface area (Å²) < 4.78 is 0. The number of aliphatic imine (C=N–C) groups is 1. The van der Waals surface area contributed by atoms with Crippen LogP contribution < -0.4 is 5.32 Å². The quantitative estimate of drug-likeness (QED) is 0.282. The van der Waals surface area contributed by atoms with Crippen molar-refractivity contribution in [1.29, 1.82) is 5.26 Å². The molecule has 0 unspecified atom stereocenters. The molecule has 0 atom stereocenters. The van der Waals surface area contributed by atoms with Gasteiger partial charge in [-0.2, -0.15) is 5.26 Å². The molecule has 0 fully saturated rings. The van der Waals surface area contributed by atoms with E-state index in [-0.39, 0.29) is 0 Å². The lowest BCUT2D eigenvalue weighted by Gasteiger charge is -2.01. The normalized spacial score (nSPS) is 10.9. The summed E-state index contributed by atoms with van der Waals surface area (Å²) in [7, 11) is 0. The molecule has 0 saturated heterocycles. The largest absolute Gasteiger partial charge is 0.271 e. The summed E-state index contributed by atoms with van der Waals surface area (Å²) in [5, 5.41) is 11.6. The van der Waals surface area contributed by atoms with Crippen LogP contribution in [0, 0.1) is 11.5 Å². The van der Waals surface area contributed by atoms with Crippen LogP contribution in [0.5, 0.6) is 0 Å². The molecule has 5 heteroatoms. The van der Waals surface area contributed by atoms with Gasteiger partial charge in [-0.1, -0.05) is 17.8 Å². The summed E-state index contributed by atoms with van der Waals surface area (Å²) >= 11 is 3.08. The molecule has 15 heavy (non-hydrogen) atoms. The zero-order valence-electron chi connectivity index (χ0n) is 8.52. The number of nitrogens with one attached hydrogen (secondary N) is 1. The lowest BCUT2D eigenvalue weighted by atomic mass is 10.3. The fourth-order valence-corrected chi connectivity index (χ4v) is 1.77. The van der Waals surface area contributed by atoms with E-state index >= 15 is 0 Å². The maximum atomic E-state index is 8.49. The van der Waals surface area contributed by atoms with E-state index in [0.29, 0.717) is 5.17 Å². The summed E-state index contributed by atoms with van der Waals surface area (Å²) in [5.41, 5.74) is 0.856. The molecule has 0 aliphatic heterocycles. The van der Waals surface area contributed by atoms with E-state index < -0.39 is 0 Å². The zero-order chi connectivity index (χ0) is 11.1. The molecule has 0 amide bonds. The number of hydrogen-bond acceptors (Lipinski definition) is 4. The number of thioether (sulfide) groups is 2. The first-order valence-electron chi connectivity index (χ1n) is 4.22. The van der Waals surface area contributed by atoms with Gasteiger partial charge in [0.05, 0.1) is 5.69 Å². The monoisotopic (exact) mass is 237 g/mol. The summed E-state index contributed by atoms with van der Waals surface area (Å²) in [5.74, 6) is 0. The first kappa shape index (κ1) is 12.0. The highest BCUT2D eigenvalue weighted by molar-refractivity contribution is 8.13. The number of hydrogen-bond donors (Lipinski definition) is 1. The van der Waals surface area contributed by atoms with Crippen LogP contribution in [0.4, 0.5) is 5.69 Å². The Morgan fingerprint density at radius 2 is 2.27 bits per heavy atom. The highest BCUT2D eigenvalue weighted by atomic mass is 32.2. The Labute approximate surface area is 98.0 Å².